The molecule has 0 saturated heterocycles. The topological polar surface area (TPSA) is 29.1 Å². The van der Waals surface area contributed by atoms with Crippen molar-refractivity contribution in [3.63, 3.8) is 0 Å². The average Bonchev–Trinajstić information content (AvgIpc) is 2.47. The van der Waals surface area contributed by atoms with Crippen molar-refractivity contribution in [3.05, 3.63) is 57.0 Å². The molecule has 0 aliphatic carbocycles. The number of thioether (sulfide) groups is 1. The second-order valence-corrected chi connectivity index (χ2v) is 6.98. The molecule has 0 aliphatic rings. The molecule has 2 aromatic carbocycles. The van der Waals surface area contributed by atoms with Gasteiger partial charge in [0.1, 0.15) is 0 Å². The predicted molar refractivity (Wildman–Crippen MR) is 94.4 cm³/mol. The summed E-state index contributed by atoms with van der Waals surface area (Å²) in [6, 6.07) is 11.3. The summed E-state index contributed by atoms with van der Waals surface area (Å²) in [7, 11) is 0. The lowest BCUT2D eigenvalue weighted by molar-refractivity contribution is -0.113. The normalized spacial score (nSPS) is 10.5. The Morgan fingerprint density at radius 1 is 1.14 bits per heavy atom. The van der Waals surface area contributed by atoms with E-state index in [4.69, 9.17) is 11.6 Å². The van der Waals surface area contributed by atoms with Crippen molar-refractivity contribution in [1.29, 1.82) is 0 Å². The molecule has 0 spiro atoms. The van der Waals surface area contributed by atoms with E-state index in [9.17, 15) is 4.79 Å². The van der Waals surface area contributed by atoms with Crippen LogP contribution < -0.4 is 5.32 Å². The molecule has 0 radical (unpaired) electrons. The van der Waals surface area contributed by atoms with Gasteiger partial charge in [-0.2, -0.15) is 0 Å². The lowest BCUT2D eigenvalue weighted by Crippen LogP contribution is -2.15. The van der Waals surface area contributed by atoms with Crippen molar-refractivity contribution in [1.82, 2.24) is 0 Å². The van der Waals surface area contributed by atoms with Crippen molar-refractivity contribution in [2.24, 2.45) is 0 Å². The molecule has 1 N–H and O–H groups in total. The largest absolute Gasteiger partial charge is 0.325 e. The molecule has 110 valence electrons. The number of nitrogens with one attached hydrogen (secondary N) is 1. The fraction of sp³-hybridized carbons (Fsp3) is 0.188. The fourth-order valence-corrected chi connectivity index (χ4v) is 3.04. The summed E-state index contributed by atoms with van der Waals surface area (Å²) < 4.78 is 1.05. The summed E-state index contributed by atoms with van der Waals surface area (Å²) in [6.07, 6.45) is 0. The van der Waals surface area contributed by atoms with E-state index in [1.54, 1.807) is 0 Å². The molecule has 0 bridgehead atoms. The number of hydrogen-bond donors (Lipinski definition) is 1. The van der Waals surface area contributed by atoms with Crippen LogP contribution in [0.25, 0.3) is 0 Å². The number of rotatable bonds is 4. The van der Waals surface area contributed by atoms with Gasteiger partial charge in [0.05, 0.1) is 5.75 Å². The van der Waals surface area contributed by atoms with Crippen LogP contribution in [0.4, 0.5) is 5.69 Å². The minimum atomic E-state index is -0.0141. The molecule has 0 saturated carbocycles. The van der Waals surface area contributed by atoms with Gasteiger partial charge in [-0.3, -0.25) is 4.79 Å². The minimum absolute atomic E-state index is 0.0141. The highest BCUT2D eigenvalue weighted by atomic mass is 79.9. The molecule has 0 heterocycles. The number of carbonyl (C=O) groups excluding carboxylic acids is 1. The Labute approximate surface area is 142 Å². The van der Waals surface area contributed by atoms with Gasteiger partial charge in [0.25, 0.3) is 0 Å². The Morgan fingerprint density at radius 2 is 1.81 bits per heavy atom. The third kappa shape index (κ3) is 4.50. The monoisotopic (exact) mass is 383 g/mol. The van der Waals surface area contributed by atoms with Gasteiger partial charge in [-0.25, -0.2) is 0 Å². The van der Waals surface area contributed by atoms with Crippen molar-refractivity contribution in [2.45, 2.75) is 18.7 Å². The summed E-state index contributed by atoms with van der Waals surface area (Å²) >= 11 is 10.8. The van der Waals surface area contributed by atoms with Crippen LogP contribution in [0.2, 0.25) is 5.02 Å². The second kappa shape index (κ2) is 7.34. The van der Waals surface area contributed by atoms with E-state index in [2.05, 4.69) is 21.2 Å². The van der Waals surface area contributed by atoms with Crippen LogP contribution in [0, 0.1) is 13.8 Å². The number of carbonyl (C=O) groups is 1. The Morgan fingerprint density at radius 3 is 2.48 bits per heavy atom. The Bertz CT molecular complexity index is 658. The maximum atomic E-state index is 12.0. The summed E-state index contributed by atoms with van der Waals surface area (Å²) in [4.78, 5) is 13.1. The van der Waals surface area contributed by atoms with E-state index >= 15 is 0 Å². The van der Waals surface area contributed by atoms with Gasteiger partial charge in [-0.05, 0) is 61.4 Å². The van der Waals surface area contributed by atoms with Crippen LogP contribution in [0.1, 0.15) is 11.1 Å². The highest BCUT2D eigenvalue weighted by Gasteiger charge is 2.08. The zero-order valence-corrected chi connectivity index (χ0v) is 14.9. The number of benzene rings is 2. The smallest absolute Gasteiger partial charge is 0.234 e. The molecule has 0 atom stereocenters. The van der Waals surface area contributed by atoms with E-state index in [-0.39, 0.29) is 5.91 Å². The van der Waals surface area contributed by atoms with Crippen LogP contribution in [0.15, 0.2) is 45.8 Å². The molecule has 2 aromatic rings. The molecule has 0 aromatic heterocycles. The fourth-order valence-electron chi connectivity index (χ4n) is 1.79. The summed E-state index contributed by atoms with van der Waals surface area (Å²) in [6.45, 7) is 4.03. The maximum absolute atomic E-state index is 12.0. The molecular formula is C16H15BrClNOS. The van der Waals surface area contributed by atoms with Crippen LogP contribution in [0.5, 0.6) is 0 Å². The number of anilines is 1. The van der Waals surface area contributed by atoms with Crippen LogP contribution in [0.3, 0.4) is 0 Å². The third-order valence-electron chi connectivity index (χ3n) is 3.18. The lowest BCUT2D eigenvalue weighted by Gasteiger charge is -2.11. The molecule has 0 unspecified atom stereocenters. The molecule has 0 fully saturated rings. The van der Waals surface area contributed by atoms with Crippen LogP contribution >= 0.6 is 39.3 Å². The van der Waals surface area contributed by atoms with Gasteiger partial charge >= 0.3 is 0 Å². The molecular weight excluding hydrogens is 370 g/mol. The van der Waals surface area contributed by atoms with Crippen molar-refractivity contribution >= 4 is 50.9 Å². The second-order valence-electron chi connectivity index (χ2n) is 4.64. The van der Waals surface area contributed by atoms with E-state index < -0.39 is 0 Å². The SMILES string of the molecule is Cc1c(Br)ccc(NC(=O)CSc2ccc(Cl)cc2)c1C. The summed E-state index contributed by atoms with van der Waals surface area (Å²) in [5, 5.41) is 3.65. The van der Waals surface area contributed by atoms with Crippen LogP contribution in [-0.4, -0.2) is 11.7 Å². The number of hydrogen-bond acceptors (Lipinski definition) is 2. The molecule has 0 aliphatic heterocycles. The zero-order chi connectivity index (χ0) is 15.4. The minimum Gasteiger partial charge on any atom is -0.325 e. The average molecular weight is 385 g/mol. The molecule has 2 rings (SSSR count). The molecule has 5 heteroatoms. The van der Waals surface area contributed by atoms with E-state index in [0.717, 1.165) is 26.2 Å². The highest BCUT2D eigenvalue weighted by molar-refractivity contribution is 9.10. The van der Waals surface area contributed by atoms with Crippen molar-refractivity contribution in [2.75, 3.05) is 11.1 Å². The van der Waals surface area contributed by atoms with Gasteiger partial charge < -0.3 is 5.32 Å². The predicted octanol–water partition coefficient (Wildman–Crippen LogP) is 5.45. The van der Waals surface area contributed by atoms with Gasteiger partial charge in [0.15, 0.2) is 0 Å². The Kier molecular flexibility index (Phi) is 5.73. The van der Waals surface area contributed by atoms with Gasteiger partial charge in [-0.1, -0.05) is 27.5 Å². The molecule has 1 amide bonds. The summed E-state index contributed by atoms with van der Waals surface area (Å²) in [5.41, 5.74) is 3.07. The molecule has 21 heavy (non-hydrogen) atoms. The Hall–Kier alpha value is -0.970. The van der Waals surface area contributed by atoms with Gasteiger partial charge in [-0.15, -0.1) is 11.8 Å². The first-order valence-corrected chi connectivity index (χ1v) is 8.57. The highest BCUT2D eigenvalue weighted by Crippen LogP contribution is 2.26. The summed E-state index contributed by atoms with van der Waals surface area (Å²) in [5.74, 6) is 0.357. The van der Waals surface area contributed by atoms with Gasteiger partial charge in [0.2, 0.25) is 5.91 Å². The van der Waals surface area contributed by atoms with E-state index in [1.807, 2.05) is 50.2 Å². The maximum Gasteiger partial charge on any atom is 0.234 e. The van der Waals surface area contributed by atoms with Crippen molar-refractivity contribution in [3.8, 4) is 0 Å². The Balaban J connectivity index is 1.96. The quantitative estimate of drug-likeness (QED) is 0.710. The first kappa shape index (κ1) is 16.4. The lowest BCUT2D eigenvalue weighted by atomic mass is 10.1. The number of halogens is 2. The standard InChI is InChI=1S/C16H15BrClNOS/c1-10-11(2)15(8-7-14(10)17)19-16(20)9-21-13-5-3-12(18)4-6-13/h3-8H,9H2,1-2H3,(H,19,20). The van der Waals surface area contributed by atoms with Crippen LogP contribution in [-0.2, 0) is 4.79 Å². The van der Waals surface area contributed by atoms with E-state index in [1.165, 1.54) is 11.8 Å². The van der Waals surface area contributed by atoms with E-state index in [0.29, 0.717) is 10.8 Å². The number of amides is 1. The zero-order valence-electron chi connectivity index (χ0n) is 11.7. The first-order valence-electron chi connectivity index (χ1n) is 6.41. The molecule has 2 nitrogen and oxygen atoms in total. The van der Waals surface area contributed by atoms with Crippen molar-refractivity contribution < 1.29 is 4.79 Å². The third-order valence-corrected chi connectivity index (χ3v) is 5.30. The van der Waals surface area contributed by atoms with Gasteiger partial charge in [0, 0.05) is 20.1 Å². The first-order chi connectivity index (χ1) is 9.97.